The summed E-state index contributed by atoms with van der Waals surface area (Å²) in [7, 11) is 0. The van der Waals surface area contributed by atoms with Crippen molar-refractivity contribution in [2.24, 2.45) is 0 Å². The summed E-state index contributed by atoms with van der Waals surface area (Å²) in [6.45, 7) is 0. The SMILES string of the molecule is [Al+3].[Cr+3].[Fe+2].[O-2].[O-2].[O-2].[O-2]. The van der Waals surface area contributed by atoms with Gasteiger partial charge in [0.2, 0.25) is 0 Å². The molecule has 7 heteroatoms. The molecule has 0 atom stereocenters. The summed E-state index contributed by atoms with van der Waals surface area (Å²) in [5.74, 6) is 0. The van der Waals surface area contributed by atoms with Gasteiger partial charge in [-0.3, -0.25) is 0 Å². The van der Waals surface area contributed by atoms with Crippen LogP contribution in [0.5, 0.6) is 0 Å². The number of hydrogen-bond donors (Lipinski definition) is 0. The summed E-state index contributed by atoms with van der Waals surface area (Å²) in [6, 6.07) is 0. The Bertz CT molecular complexity index is 11.7. The minimum absolute atomic E-state index is 0. The fourth-order valence-electron chi connectivity index (χ4n) is 0. The minimum Gasteiger partial charge on any atom is -2.00 e. The molecule has 0 aromatic rings. The Kier molecular flexibility index (Phi) is 4940. The summed E-state index contributed by atoms with van der Waals surface area (Å²) < 4.78 is 0. The van der Waals surface area contributed by atoms with Crippen molar-refractivity contribution in [3.63, 3.8) is 0 Å². The molecule has 0 aromatic heterocycles. The molecule has 0 bridgehead atoms. The van der Waals surface area contributed by atoms with Gasteiger partial charge in [-0.2, -0.15) is 0 Å². The fourth-order valence-corrected chi connectivity index (χ4v) is 0. The second-order valence-corrected chi connectivity index (χ2v) is 0. The largest absolute Gasteiger partial charge is 3.00 e. The van der Waals surface area contributed by atoms with E-state index in [0.29, 0.717) is 0 Å². The molecule has 0 unspecified atom stereocenters. The van der Waals surface area contributed by atoms with Crippen molar-refractivity contribution < 1.29 is 56.3 Å². The molecule has 1 radical (unpaired) electrons. The first kappa shape index (κ1) is 229. The van der Waals surface area contributed by atoms with E-state index in [-0.39, 0.29) is 73.7 Å². The van der Waals surface area contributed by atoms with Gasteiger partial charge in [0.1, 0.15) is 0 Å². The standard InChI is InChI=1S/Al.Cr.Fe.4O/q2*+3;+2;4*-2. The van der Waals surface area contributed by atoms with Gasteiger partial charge in [0.05, 0.1) is 0 Å². The van der Waals surface area contributed by atoms with Crippen LogP contribution in [0.2, 0.25) is 0 Å². The van der Waals surface area contributed by atoms with Crippen LogP contribution in [0.1, 0.15) is 0 Å². The molecule has 0 aliphatic heterocycles. The maximum Gasteiger partial charge on any atom is 3.00 e. The van der Waals surface area contributed by atoms with Crippen LogP contribution in [0.4, 0.5) is 0 Å². The van der Waals surface area contributed by atoms with E-state index < -0.39 is 0 Å². The van der Waals surface area contributed by atoms with E-state index in [4.69, 9.17) is 0 Å². The first-order valence-electron chi connectivity index (χ1n) is 0. The van der Waals surface area contributed by atoms with Crippen LogP contribution >= 0.6 is 0 Å². The van der Waals surface area contributed by atoms with Crippen LogP contribution in [0.3, 0.4) is 0 Å². The van der Waals surface area contributed by atoms with E-state index in [1.807, 2.05) is 0 Å². The Morgan fingerprint density at radius 3 is 0.571 bits per heavy atom. The third-order valence-electron chi connectivity index (χ3n) is 0. The monoisotopic (exact) mass is 199 g/mol. The van der Waals surface area contributed by atoms with Gasteiger partial charge in [0.25, 0.3) is 0 Å². The summed E-state index contributed by atoms with van der Waals surface area (Å²) in [5, 5.41) is 0. The Labute approximate surface area is 73.6 Å². The van der Waals surface area contributed by atoms with Crippen molar-refractivity contribution >= 4 is 17.4 Å². The fraction of sp³-hybridized carbons (Fsp3) is 0. The first-order valence-corrected chi connectivity index (χ1v) is 0. The molecule has 0 amide bonds. The third-order valence-corrected chi connectivity index (χ3v) is 0. The Morgan fingerprint density at radius 1 is 0.571 bits per heavy atom. The summed E-state index contributed by atoms with van der Waals surface area (Å²) in [6.07, 6.45) is 0. The van der Waals surface area contributed by atoms with E-state index in [9.17, 15) is 0 Å². The first-order chi connectivity index (χ1) is 0. The van der Waals surface area contributed by atoms with Crippen LogP contribution in [0.15, 0.2) is 0 Å². The van der Waals surface area contributed by atoms with Gasteiger partial charge in [-0.25, -0.2) is 0 Å². The normalized spacial score (nSPS) is 0. The molecular weight excluding hydrogens is 199 g/mol. The van der Waals surface area contributed by atoms with Gasteiger partial charge >= 0.3 is 51.8 Å². The molecule has 0 saturated carbocycles. The van der Waals surface area contributed by atoms with Crippen molar-refractivity contribution in [1.29, 1.82) is 0 Å². The Hall–Kier alpha value is 1.42. The van der Waals surface area contributed by atoms with Gasteiger partial charge in [-0.15, -0.1) is 0 Å². The van der Waals surface area contributed by atoms with Crippen molar-refractivity contribution in [2.45, 2.75) is 0 Å². The Balaban J connectivity index is 0. The average molecular weight is 199 g/mol. The molecule has 7 heavy (non-hydrogen) atoms. The van der Waals surface area contributed by atoms with Crippen LogP contribution in [-0.4, -0.2) is 17.4 Å². The Morgan fingerprint density at radius 2 is 0.571 bits per heavy atom. The smallest absolute Gasteiger partial charge is 2.00 e. The van der Waals surface area contributed by atoms with Gasteiger partial charge in [0.15, 0.2) is 0 Å². The summed E-state index contributed by atoms with van der Waals surface area (Å²) >= 11 is 0. The molecule has 0 fully saturated rings. The zero-order valence-corrected chi connectivity index (χ0v) is 6.51. The van der Waals surface area contributed by atoms with Crippen molar-refractivity contribution in [1.82, 2.24) is 0 Å². The zero-order valence-electron chi connectivity index (χ0n) is 2.97. The quantitative estimate of drug-likeness (QED) is 0.451. The van der Waals surface area contributed by atoms with E-state index in [1.165, 1.54) is 0 Å². The zero-order chi connectivity index (χ0) is 0. The molecule has 0 rings (SSSR count). The van der Waals surface area contributed by atoms with Crippen molar-refractivity contribution in [3.05, 3.63) is 0 Å². The van der Waals surface area contributed by atoms with Crippen LogP contribution in [0.25, 0.3) is 0 Å². The third kappa shape index (κ3) is 108. The predicted octanol–water partition coefficient (Wildman–Crippen LogP) is -0.861. The van der Waals surface area contributed by atoms with E-state index in [1.54, 1.807) is 0 Å². The van der Waals surface area contributed by atoms with E-state index >= 15 is 0 Å². The van der Waals surface area contributed by atoms with Crippen molar-refractivity contribution in [3.8, 4) is 0 Å². The number of hydrogen-bond acceptors (Lipinski definition) is 0. The predicted molar refractivity (Wildman–Crippen MR) is 8.50 cm³/mol. The van der Waals surface area contributed by atoms with Crippen LogP contribution < -0.4 is 0 Å². The summed E-state index contributed by atoms with van der Waals surface area (Å²) in [4.78, 5) is 0. The average Bonchev–Trinajstić information content (AvgIpc) is 0. The van der Waals surface area contributed by atoms with Crippen molar-refractivity contribution in [2.75, 3.05) is 0 Å². The summed E-state index contributed by atoms with van der Waals surface area (Å²) in [5.41, 5.74) is 0. The molecule has 0 aliphatic carbocycles. The van der Waals surface area contributed by atoms with Crippen LogP contribution in [0, 0.1) is 0 Å². The second-order valence-electron chi connectivity index (χ2n) is 0. The molecule has 41 valence electrons. The van der Waals surface area contributed by atoms with Gasteiger partial charge in [0, 0.05) is 0 Å². The maximum absolute atomic E-state index is 0. The van der Waals surface area contributed by atoms with Gasteiger partial charge in [-0.05, 0) is 0 Å². The molecule has 0 spiro atoms. The van der Waals surface area contributed by atoms with E-state index in [2.05, 4.69) is 0 Å². The topological polar surface area (TPSA) is 114 Å². The van der Waals surface area contributed by atoms with Gasteiger partial charge in [-0.1, -0.05) is 0 Å². The second kappa shape index (κ2) is 151. The van der Waals surface area contributed by atoms with Gasteiger partial charge < -0.3 is 21.9 Å². The molecule has 0 N–H and O–H groups in total. The van der Waals surface area contributed by atoms with E-state index in [0.717, 1.165) is 0 Å². The molecular formula is AlCrFeO4. The molecule has 4 nitrogen and oxygen atoms in total. The molecule has 0 aromatic carbocycles. The minimum atomic E-state index is 0. The maximum atomic E-state index is 0. The molecule has 0 heterocycles. The molecule has 0 aliphatic rings. The number of rotatable bonds is 0. The van der Waals surface area contributed by atoms with Crippen LogP contribution in [-0.2, 0) is 56.3 Å². The molecule has 0 saturated heterocycles.